The minimum absolute atomic E-state index is 0. The fourth-order valence-electron chi connectivity index (χ4n) is 10.5. The van der Waals surface area contributed by atoms with E-state index in [1.54, 1.807) is 7.11 Å². The quantitative estimate of drug-likeness (QED) is 0.119. The van der Waals surface area contributed by atoms with Gasteiger partial charge in [0.2, 0.25) is 5.60 Å². The molecule has 3 heterocycles. The third-order valence-electron chi connectivity index (χ3n) is 12.5. The molecule has 1 N–H and O–H groups in total. The third kappa shape index (κ3) is 5.26. The molecule has 4 aliphatic rings. The molecule has 4 aromatic rings. The highest BCUT2D eigenvalue weighted by Crippen LogP contribution is 2.67. The lowest BCUT2D eigenvalue weighted by molar-refractivity contribution is -0.227. The van der Waals surface area contributed by atoms with Gasteiger partial charge >= 0.3 is 11.9 Å². The number of aliphatic hydroxyl groups is 1. The van der Waals surface area contributed by atoms with Crippen LogP contribution in [0, 0.1) is 5.41 Å². The number of likely N-dealkylation sites (N-methyl/N-ethyl adjacent to an activating group) is 1. The maximum atomic E-state index is 14.6. The van der Waals surface area contributed by atoms with Crippen molar-refractivity contribution in [2.45, 2.75) is 49.0 Å². The highest BCUT2D eigenvalue weighted by Gasteiger charge is 2.80. The van der Waals surface area contributed by atoms with Crippen LogP contribution in [0.5, 0.6) is 5.75 Å². The number of hydrogen-bond acceptors (Lipinski definition) is 8. The Kier molecular flexibility index (Phi) is 10.2. The molecule has 0 unspecified atom stereocenters. The summed E-state index contributed by atoms with van der Waals surface area (Å²) in [4.78, 5) is 33.4. The molecule has 3 aliphatic heterocycles. The molecular formula is C44H46BrN2O6P. The molecule has 8 rings (SSSR count). The van der Waals surface area contributed by atoms with E-state index in [-0.39, 0.29) is 23.0 Å². The number of carbonyl (C=O) groups is 2. The summed E-state index contributed by atoms with van der Waals surface area (Å²) in [5.41, 5.74) is -1.86. The zero-order chi connectivity index (χ0) is 37.0. The van der Waals surface area contributed by atoms with Gasteiger partial charge in [0.15, 0.2) is 6.10 Å². The second-order valence-electron chi connectivity index (χ2n) is 14.6. The normalized spacial score (nSPS) is 28.1. The van der Waals surface area contributed by atoms with Gasteiger partial charge in [-0.15, -0.1) is 0 Å². The van der Waals surface area contributed by atoms with Crippen LogP contribution in [0.25, 0.3) is 0 Å². The highest BCUT2D eigenvalue weighted by molar-refractivity contribution is 7.98. The maximum Gasteiger partial charge on any atom is 0.344 e. The van der Waals surface area contributed by atoms with Gasteiger partial charge in [-0.3, -0.25) is 4.90 Å². The summed E-state index contributed by atoms with van der Waals surface area (Å²) in [5, 5.41) is 16.5. The molecule has 10 heteroatoms. The Morgan fingerprint density at radius 3 is 2.02 bits per heavy atom. The smallest absolute Gasteiger partial charge is 0.344 e. The average molecular weight is 810 g/mol. The van der Waals surface area contributed by atoms with Crippen molar-refractivity contribution >= 4 is 40.8 Å². The van der Waals surface area contributed by atoms with Crippen molar-refractivity contribution in [1.82, 2.24) is 4.90 Å². The number of anilines is 1. The number of ether oxygens (including phenoxy) is 3. The van der Waals surface area contributed by atoms with Crippen LogP contribution in [0.1, 0.15) is 25.3 Å². The van der Waals surface area contributed by atoms with Crippen LogP contribution < -0.4 is 42.5 Å². The minimum atomic E-state index is -2.53. The first-order chi connectivity index (χ1) is 25.7. The summed E-state index contributed by atoms with van der Waals surface area (Å²) in [5.74, 6) is 1.23. The molecule has 54 heavy (non-hydrogen) atoms. The molecule has 0 aromatic heterocycles. The van der Waals surface area contributed by atoms with Crippen molar-refractivity contribution in [1.29, 1.82) is 0 Å². The van der Waals surface area contributed by atoms with Crippen LogP contribution in [-0.4, -0.2) is 80.1 Å². The van der Waals surface area contributed by atoms with Crippen LogP contribution in [-0.2, 0) is 24.5 Å². The summed E-state index contributed by atoms with van der Waals surface area (Å²) < 4.78 is 17.7. The van der Waals surface area contributed by atoms with Gasteiger partial charge < -0.3 is 41.2 Å². The molecular weight excluding hydrogens is 763 g/mol. The highest BCUT2D eigenvalue weighted by atomic mass is 79.9. The first-order valence-electron chi connectivity index (χ1n) is 18.3. The molecule has 0 radical (unpaired) electrons. The van der Waals surface area contributed by atoms with E-state index in [1.807, 2.05) is 84.5 Å². The summed E-state index contributed by atoms with van der Waals surface area (Å²) in [6, 6.07) is 35.8. The van der Waals surface area contributed by atoms with Crippen LogP contribution >= 0.6 is 7.26 Å². The number of benzene rings is 4. The molecule has 1 saturated carbocycles. The Bertz CT molecular complexity index is 1990. The van der Waals surface area contributed by atoms with Gasteiger partial charge in [0.05, 0.1) is 32.2 Å². The Balaban J connectivity index is 0.00000450. The van der Waals surface area contributed by atoms with Crippen LogP contribution in [0.4, 0.5) is 5.69 Å². The Morgan fingerprint density at radius 2 is 1.48 bits per heavy atom. The van der Waals surface area contributed by atoms with E-state index >= 15 is 0 Å². The molecule has 8 nitrogen and oxygen atoms in total. The average Bonchev–Trinajstić information content (AvgIpc) is 3.72. The predicted octanol–water partition coefficient (Wildman–Crippen LogP) is 2.13. The molecule has 0 bridgehead atoms. The summed E-state index contributed by atoms with van der Waals surface area (Å²) >= 11 is 0. The standard InChI is InChI=1S/C44H46N2O6P.BrH/c1-5-42-25-15-27-46-28-26-43(38(42)46)35-23-22-31(50-3)30-36(35)45(2)39(43)44(49,41(48)51-4)40(42)52-37(47)24-29-53(32-16-9-6-10-17-32,33-18-11-7-12-19-33)34-20-13-8-14-21-34;/h6-25,29-30,38-40,49H,5,26-28H2,1-4H3;1H/q+1;/p-1/b29-24+;/t38-,39+,40+,42+,43+,44-;/m0./s1. The number of methoxy groups -OCH3 is 2. The van der Waals surface area contributed by atoms with Gasteiger partial charge in [0.25, 0.3) is 0 Å². The number of hydrogen-bond donors (Lipinski definition) is 1. The van der Waals surface area contributed by atoms with E-state index in [9.17, 15) is 14.7 Å². The number of nitrogens with zero attached hydrogens (tertiary/aromatic N) is 2. The van der Waals surface area contributed by atoms with Crippen molar-refractivity contribution in [2.24, 2.45) is 5.41 Å². The first-order valence-corrected chi connectivity index (χ1v) is 20.2. The molecule has 2 fully saturated rings. The molecule has 0 amide bonds. The van der Waals surface area contributed by atoms with Gasteiger partial charge in [-0.1, -0.05) is 79.7 Å². The molecule has 4 aromatic carbocycles. The predicted molar refractivity (Wildman–Crippen MR) is 210 cm³/mol. The Hall–Kier alpha value is -4.27. The van der Waals surface area contributed by atoms with Crippen molar-refractivity contribution in [3.05, 3.63) is 139 Å². The van der Waals surface area contributed by atoms with Gasteiger partial charge in [-0.05, 0) is 67.4 Å². The van der Waals surface area contributed by atoms with Crippen molar-refractivity contribution < 1.29 is 45.9 Å². The van der Waals surface area contributed by atoms with Gasteiger partial charge in [0.1, 0.15) is 28.9 Å². The summed E-state index contributed by atoms with van der Waals surface area (Å²) in [6.07, 6.45) is 5.68. The van der Waals surface area contributed by atoms with E-state index in [2.05, 4.69) is 66.4 Å². The van der Waals surface area contributed by atoms with Crippen LogP contribution in [0.15, 0.2) is 133 Å². The fourth-order valence-corrected chi connectivity index (χ4v) is 14.2. The maximum absolute atomic E-state index is 14.6. The topological polar surface area (TPSA) is 88.5 Å². The van der Waals surface area contributed by atoms with E-state index in [0.717, 1.165) is 40.3 Å². The SMILES string of the molecule is CC[C@]12C=CCN3CC[C@@]4(c5ccc(OC)cc5N(C)[C@H]4[C@@](O)(C(=O)OC)[C@@H]1OC(=O)/C=C/[P+](c1ccccc1)(c1ccccc1)c1ccccc1)[C@@H]32.[Br-]. The van der Waals surface area contributed by atoms with Gasteiger partial charge in [0, 0.05) is 42.2 Å². The van der Waals surface area contributed by atoms with E-state index in [4.69, 9.17) is 14.2 Å². The monoisotopic (exact) mass is 808 g/mol. The molecule has 6 atom stereocenters. The number of carbonyl (C=O) groups excluding carboxylic acids is 2. The van der Waals surface area contributed by atoms with Gasteiger partial charge in [-0.2, -0.15) is 0 Å². The minimum Gasteiger partial charge on any atom is -1.00 e. The van der Waals surface area contributed by atoms with Crippen LogP contribution in [0.3, 0.4) is 0 Å². The number of rotatable bonds is 9. The number of fused-ring (bicyclic) bond motifs is 1. The lowest BCUT2D eigenvalue weighted by Gasteiger charge is -2.63. The van der Waals surface area contributed by atoms with Crippen molar-refractivity contribution in [3.8, 4) is 5.75 Å². The second-order valence-corrected chi connectivity index (χ2v) is 17.9. The first kappa shape index (κ1) is 38.0. The molecule has 280 valence electrons. The van der Waals surface area contributed by atoms with Crippen LogP contribution in [0.2, 0.25) is 0 Å². The zero-order valence-electron chi connectivity index (χ0n) is 31.0. The van der Waals surface area contributed by atoms with E-state index in [0.29, 0.717) is 18.6 Å². The summed E-state index contributed by atoms with van der Waals surface area (Å²) in [7, 11) is 2.29. The number of esters is 2. The lowest BCUT2D eigenvalue weighted by atomic mass is 9.47. The second kappa shape index (κ2) is 14.4. The van der Waals surface area contributed by atoms with E-state index in [1.165, 1.54) is 13.2 Å². The summed E-state index contributed by atoms with van der Waals surface area (Å²) in [6.45, 7) is 3.55. The Morgan fingerprint density at radius 1 is 0.889 bits per heavy atom. The molecule has 1 spiro atoms. The third-order valence-corrected chi connectivity index (χ3v) is 16.4. The molecule has 1 aliphatic carbocycles. The molecule has 1 saturated heterocycles. The Labute approximate surface area is 328 Å². The lowest BCUT2D eigenvalue weighted by Crippen LogP contribution is -3.00. The largest absolute Gasteiger partial charge is 1.00 e. The number of halogens is 1. The fraction of sp³-hybridized carbons (Fsp3) is 0.318. The van der Waals surface area contributed by atoms with Crippen molar-refractivity contribution in [3.63, 3.8) is 0 Å². The van der Waals surface area contributed by atoms with Gasteiger partial charge in [-0.25, -0.2) is 9.59 Å². The zero-order valence-corrected chi connectivity index (χ0v) is 33.5. The van der Waals surface area contributed by atoms with Crippen molar-refractivity contribution in [2.75, 3.05) is 39.3 Å². The van der Waals surface area contributed by atoms with E-state index < -0.39 is 47.8 Å².